The van der Waals surface area contributed by atoms with E-state index in [1.54, 1.807) is 11.3 Å². The lowest BCUT2D eigenvalue weighted by Gasteiger charge is -2.05. The van der Waals surface area contributed by atoms with E-state index in [1.165, 1.54) is 16.6 Å². The maximum absolute atomic E-state index is 11.7. The molecule has 2 rings (SSSR count). The summed E-state index contributed by atoms with van der Waals surface area (Å²) in [6.45, 7) is 2.49. The summed E-state index contributed by atoms with van der Waals surface area (Å²) in [5.74, 6) is 0.604. The van der Waals surface area contributed by atoms with Gasteiger partial charge >= 0.3 is 6.03 Å². The van der Waals surface area contributed by atoms with Crippen LogP contribution >= 0.6 is 23.1 Å². The van der Waals surface area contributed by atoms with Gasteiger partial charge in [-0.2, -0.15) is 0 Å². The number of hydrogen-bond acceptors (Lipinski definition) is 6. The summed E-state index contributed by atoms with van der Waals surface area (Å²) in [6, 6.07) is 3.59. The van der Waals surface area contributed by atoms with Gasteiger partial charge in [-0.1, -0.05) is 24.8 Å². The highest BCUT2D eigenvalue weighted by atomic mass is 32.2. The molecule has 2 aromatic heterocycles. The maximum Gasteiger partial charge on any atom is 0.321 e. The monoisotopic (exact) mass is 353 g/mol. The minimum atomic E-state index is -0.464. The van der Waals surface area contributed by atoms with Gasteiger partial charge in [0.25, 0.3) is 0 Å². The standard InChI is InChI=1S/C14H19N5O2S2/c1-3-6-15-13(21)16-12(20)9-23-14-18-17-11(19(14)2)8-10-5-4-7-22-10/h4-5,7H,3,6,8-9H2,1-2H3,(H2,15,16,20,21). The normalized spacial score (nSPS) is 10.5. The van der Waals surface area contributed by atoms with E-state index in [0.717, 1.165) is 12.2 Å². The molecule has 0 radical (unpaired) electrons. The quantitative estimate of drug-likeness (QED) is 0.741. The summed E-state index contributed by atoms with van der Waals surface area (Å²) in [7, 11) is 1.87. The molecule has 0 saturated carbocycles. The van der Waals surface area contributed by atoms with Crippen LogP contribution in [-0.4, -0.2) is 39.0 Å². The molecule has 0 atom stereocenters. The smallest absolute Gasteiger partial charge is 0.321 e. The highest BCUT2D eigenvalue weighted by Gasteiger charge is 2.13. The average molecular weight is 353 g/mol. The molecule has 3 amide bonds. The van der Waals surface area contributed by atoms with Crippen LogP contribution in [0.4, 0.5) is 4.79 Å². The van der Waals surface area contributed by atoms with Crippen molar-refractivity contribution in [3.05, 3.63) is 28.2 Å². The SMILES string of the molecule is CCCNC(=O)NC(=O)CSc1nnc(Cc2cccs2)n1C. The minimum absolute atomic E-state index is 0.116. The van der Waals surface area contributed by atoms with Crippen molar-refractivity contribution >= 4 is 35.0 Å². The van der Waals surface area contributed by atoms with Crippen molar-refractivity contribution in [1.29, 1.82) is 0 Å². The minimum Gasteiger partial charge on any atom is -0.338 e. The first-order chi connectivity index (χ1) is 11.1. The highest BCUT2D eigenvalue weighted by Crippen LogP contribution is 2.18. The van der Waals surface area contributed by atoms with Gasteiger partial charge in [0.2, 0.25) is 5.91 Å². The predicted molar refractivity (Wildman–Crippen MR) is 90.7 cm³/mol. The average Bonchev–Trinajstić information content (AvgIpc) is 3.15. The molecule has 0 fully saturated rings. The third-order valence-corrected chi connectivity index (χ3v) is 4.86. The molecule has 0 saturated heterocycles. The van der Waals surface area contributed by atoms with Crippen molar-refractivity contribution in [3.8, 4) is 0 Å². The first kappa shape index (κ1) is 17.5. The first-order valence-electron chi connectivity index (χ1n) is 7.21. The van der Waals surface area contributed by atoms with Crippen molar-refractivity contribution in [1.82, 2.24) is 25.4 Å². The lowest BCUT2D eigenvalue weighted by molar-refractivity contribution is -0.117. The maximum atomic E-state index is 11.7. The molecule has 2 aromatic rings. The number of nitrogens with one attached hydrogen (secondary N) is 2. The van der Waals surface area contributed by atoms with E-state index in [2.05, 4.69) is 26.9 Å². The number of imide groups is 1. The molecule has 23 heavy (non-hydrogen) atoms. The van der Waals surface area contributed by atoms with Gasteiger partial charge in [-0.25, -0.2) is 4.79 Å². The third-order valence-electron chi connectivity index (χ3n) is 2.96. The lowest BCUT2D eigenvalue weighted by atomic mass is 10.3. The number of carbonyl (C=O) groups is 2. The third kappa shape index (κ3) is 5.36. The number of hydrogen-bond donors (Lipinski definition) is 2. The number of rotatable bonds is 7. The molecule has 0 aliphatic carbocycles. The Bertz CT molecular complexity index is 654. The molecule has 0 spiro atoms. The van der Waals surface area contributed by atoms with Gasteiger partial charge in [-0.3, -0.25) is 10.1 Å². The van der Waals surface area contributed by atoms with Crippen LogP contribution < -0.4 is 10.6 Å². The van der Waals surface area contributed by atoms with E-state index < -0.39 is 6.03 Å². The largest absolute Gasteiger partial charge is 0.338 e. The Kier molecular flexibility index (Phi) is 6.60. The lowest BCUT2D eigenvalue weighted by Crippen LogP contribution is -2.40. The fraction of sp³-hybridized carbons (Fsp3) is 0.429. The fourth-order valence-corrected chi connectivity index (χ4v) is 3.20. The molecular formula is C14H19N5O2S2. The molecule has 2 heterocycles. The molecule has 0 bridgehead atoms. The van der Waals surface area contributed by atoms with Gasteiger partial charge in [0.1, 0.15) is 5.82 Å². The molecule has 124 valence electrons. The van der Waals surface area contributed by atoms with Crippen molar-refractivity contribution in [2.45, 2.75) is 24.9 Å². The van der Waals surface area contributed by atoms with E-state index in [0.29, 0.717) is 18.1 Å². The summed E-state index contributed by atoms with van der Waals surface area (Å²) in [5, 5.41) is 15.8. The second-order valence-corrected chi connectivity index (χ2v) is 6.78. The van der Waals surface area contributed by atoms with E-state index in [1.807, 2.05) is 30.0 Å². The number of urea groups is 1. The fourth-order valence-electron chi connectivity index (χ4n) is 1.77. The van der Waals surface area contributed by atoms with Crippen LogP contribution in [-0.2, 0) is 18.3 Å². The van der Waals surface area contributed by atoms with Crippen molar-refractivity contribution in [2.24, 2.45) is 7.05 Å². The van der Waals surface area contributed by atoms with Gasteiger partial charge < -0.3 is 9.88 Å². The number of aromatic nitrogens is 3. The molecule has 2 N–H and O–H groups in total. The van der Waals surface area contributed by atoms with Crippen LogP contribution in [0.2, 0.25) is 0 Å². The van der Waals surface area contributed by atoms with Gasteiger partial charge in [0.05, 0.1) is 5.75 Å². The predicted octanol–water partition coefficient (Wildman–Crippen LogP) is 1.80. The first-order valence-corrected chi connectivity index (χ1v) is 9.07. The van der Waals surface area contributed by atoms with Crippen molar-refractivity contribution in [3.63, 3.8) is 0 Å². The van der Waals surface area contributed by atoms with Gasteiger partial charge in [0, 0.05) is 24.9 Å². The van der Waals surface area contributed by atoms with Crippen LogP contribution in [0.1, 0.15) is 24.0 Å². The number of nitrogens with zero attached hydrogens (tertiary/aromatic N) is 3. The van der Waals surface area contributed by atoms with Crippen LogP contribution in [0.3, 0.4) is 0 Å². The summed E-state index contributed by atoms with van der Waals surface area (Å²) in [4.78, 5) is 24.3. The van der Waals surface area contributed by atoms with Gasteiger partial charge in [0.15, 0.2) is 5.16 Å². The Balaban J connectivity index is 1.83. The van der Waals surface area contributed by atoms with Gasteiger partial charge in [-0.05, 0) is 17.9 Å². The van der Waals surface area contributed by atoms with Crippen LogP contribution in [0.15, 0.2) is 22.7 Å². The van der Waals surface area contributed by atoms with Gasteiger partial charge in [-0.15, -0.1) is 21.5 Å². The second kappa shape index (κ2) is 8.68. The van der Waals surface area contributed by atoms with Crippen molar-refractivity contribution < 1.29 is 9.59 Å². The zero-order chi connectivity index (χ0) is 16.7. The summed E-state index contributed by atoms with van der Waals surface area (Å²) >= 11 is 2.93. The van der Waals surface area contributed by atoms with Crippen LogP contribution in [0.25, 0.3) is 0 Å². The van der Waals surface area contributed by atoms with E-state index in [9.17, 15) is 9.59 Å². The van der Waals surface area contributed by atoms with E-state index in [-0.39, 0.29) is 11.7 Å². The number of carbonyl (C=O) groups excluding carboxylic acids is 2. The zero-order valence-electron chi connectivity index (χ0n) is 13.0. The molecule has 0 aliphatic heterocycles. The molecule has 9 heteroatoms. The molecule has 0 aromatic carbocycles. The topological polar surface area (TPSA) is 88.9 Å². The van der Waals surface area contributed by atoms with Crippen LogP contribution in [0, 0.1) is 0 Å². The number of amides is 3. The highest BCUT2D eigenvalue weighted by molar-refractivity contribution is 7.99. The molecule has 7 nitrogen and oxygen atoms in total. The Morgan fingerprint density at radius 1 is 1.39 bits per heavy atom. The Morgan fingerprint density at radius 2 is 2.22 bits per heavy atom. The zero-order valence-corrected chi connectivity index (χ0v) is 14.7. The molecule has 0 unspecified atom stereocenters. The van der Waals surface area contributed by atoms with Crippen LogP contribution in [0.5, 0.6) is 0 Å². The van der Waals surface area contributed by atoms with E-state index >= 15 is 0 Å². The Morgan fingerprint density at radius 3 is 2.91 bits per heavy atom. The Labute approximate surface area is 142 Å². The summed E-state index contributed by atoms with van der Waals surface area (Å²) < 4.78 is 1.87. The number of thiophene rings is 1. The Hall–Kier alpha value is -1.87. The summed E-state index contributed by atoms with van der Waals surface area (Å²) in [5.41, 5.74) is 0. The van der Waals surface area contributed by atoms with E-state index in [4.69, 9.17) is 0 Å². The summed E-state index contributed by atoms with van der Waals surface area (Å²) in [6.07, 6.45) is 1.54. The number of thioether (sulfide) groups is 1. The molecule has 0 aliphatic rings. The van der Waals surface area contributed by atoms with Crippen molar-refractivity contribution in [2.75, 3.05) is 12.3 Å². The second-order valence-electron chi connectivity index (χ2n) is 4.81. The molecular weight excluding hydrogens is 334 g/mol.